The summed E-state index contributed by atoms with van der Waals surface area (Å²) in [6.07, 6.45) is 1.61. The summed E-state index contributed by atoms with van der Waals surface area (Å²) in [6.45, 7) is 0. The van der Waals surface area contributed by atoms with Crippen molar-refractivity contribution in [3.8, 4) is 0 Å². The maximum absolute atomic E-state index is 6.01. The Morgan fingerprint density at radius 1 is 1.36 bits per heavy atom. The minimum Gasteiger partial charge on any atom is -0.319 e. The Morgan fingerprint density at radius 2 is 2.21 bits per heavy atom. The van der Waals surface area contributed by atoms with Crippen LogP contribution < -0.4 is 5.73 Å². The molecule has 0 bridgehead atoms. The highest BCUT2D eigenvalue weighted by atomic mass is 35.5. The fourth-order valence-electron chi connectivity index (χ4n) is 1.19. The van der Waals surface area contributed by atoms with Crippen LogP contribution >= 0.6 is 22.9 Å². The summed E-state index contributed by atoms with van der Waals surface area (Å²) in [7, 11) is 0. The van der Waals surface area contributed by atoms with Crippen molar-refractivity contribution < 1.29 is 0 Å². The van der Waals surface area contributed by atoms with E-state index in [0.717, 1.165) is 11.3 Å². The molecule has 2 nitrogen and oxygen atoms in total. The van der Waals surface area contributed by atoms with Gasteiger partial charge in [-0.05, 0) is 34.5 Å². The van der Waals surface area contributed by atoms with Gasteiger partial charge in [0.15, 0.2) is 0 Å². The summed E-state index contributed by atoms with van der Waals surface area (Å²) in [5, 5.41) is 4.66. The average molecular weight is 225 g/mol. The van der Waals surface area contributed by atoms with Gasteiger partial charge in [0.2, 0.25) is 0 Å². The van der Waals surface area contributed by atoms with Gasteiger partial charge < -0.3 is 5.73 Å². The Bertz CT molecular complexity index is 397. The zero-order valence-electron chi connectivity index (χ0n) is 7.35. The molecule has 14 heavy (non-hydrogen) atoms. The Kier molecular flexibility index (Phi) is 2.82. The first-order valence-electron chi connectivity index (χ1n) is 4.16. The van der Waals surface area contributed by atoms with Crippen molar-refractivity contribution in [2.24, 2.45) is 5.73 Å². The maximum Gasteiger partial charge on any atom is 0.0734 e. The Labute approximate surface area is 91.4 Å². The Hall–Kier alpha value is -0.900. The minimum absolute atomic E-state index is 0.154. The van der Waals surface area contributed by atoms with Crippen molar-refractivity contribution in [3.63, 3.8) is 0 Å². The third-order valence-electron chi connectivity index (χ3n) is 1.97. The monoisotopic (exact) mass is 224 g/mol. The Morgan fingerprint density at radius 3 is 2.79 bits per heavy atom. The summed E-state index contributed by atoms with van der Waals surface area (Å²) in [4.78, 5) is 4.18. The molecule has 0 aromatic carbocycles. The molecule has 72 valence electrons. The molecule has 0 saturated carbocycles. The molecule has 1 unspecified atom stereocenters. The van der Waals surface area contributed by atoms with Gasteiger partial charge in [-0.25, -0.2) is 0 Å². The van der Waals surface area contributed by atoms with E-state index < -0.39 is 0 Å². The summed E-state index contributed by atoms with van der Waals surface area (Å²) >= 11 is 7.37. The molecular weight excluding hydrogens is 216 g/mol. The van der Waals surface area contributed by atoms with Gasteiger partial charge >= 0.3 is 0 Å². The topological polar surface area (TPSA) is 38.9 Å². The van der Waals surface area contributed by atoms with Crippen molar-refractivity contribution >= 4 is 22.9 Å². The van der Waals surface area contributed by atoms with E-state index in [0.29, 0.717) is 5.02 Å². The van der Waals surface area contributed by atoms with Gasteiger partial charge in [-0.1, -0.05) is 11.6 Å². The second kappa shape index (κ2) is 4.09. The van der Waals surface area contributed by atoms with Crippen LogP contribution in [0.2, 0.25) is 5.02 Å². The molecule has 0 aliphatic carbocycles. The van der Waals surface area contributed by atoms with Crippen LogP contribution in [0.25, 0.3) is 0 Å². The lowest BCUT2D eigenvalue weighted by Crippen LogP contribution is -2.12. The van der Waals surface area contributed by atoms with Crippen molar-refractivity contribution in [1.82, 2.24) is 4.98 Å². The van der Waals surface area contributed by atoms with Crippen LogP contribution in [0.3, 0.4) is 0 Å². The smallest absolute Gasteiger partial charge is 0.0734 e. The molecule has 0 aliphatic rings. The highest BCUT2D eigenvalue weighted by Crippen LogP contribution is 2.20. The van der Waals surface area contributed by atoms with Crippen LogP contribution in [-0.2, 0) is 0 Å². The average Bonchev–Trinajstić information content (AvgIpc) is 2.71. The van der Waals surface area contributed by atoms with Gasteiger partial charge in [-0.2, -0.15) is 11.3 Å². The zero-order chi connectivity index (χ0) is 9.97. The SMILES string of the molecule is NC(c1ccsc1)c1ccc(Cl)cn1. The Balaban J connectivity index is 2.28. The lowest BCUT2D eigenvalue weighted by Gasteiger charge is -2.08. The second-order valence-corrected chi connectivity index (χ2v) is 4.15. The lowest BCUT2D eigenvalue weighted by atomic mass is 10.1. The standard InChI is InChI=1S/C10H9ClN2S/c11-8-1-2-9(13-5-8)10(12)7-3-4-14-6-7/h1-6,10H,12H2. The summed E-state index contributed by atoms with van der Waals surface area (Å²) in [5.74, 6) is 0. The van der Waals surface area contributed by atoms with E-state index >= 15 is 0 Å². The molecule has 0 radical (unpaired) electrons. The normalized spacial score (nSPS) is 12.7. The largest absolute Gasteiger partial charge is 0.319 e. The van der Waals surface area contributed by atoms with Crippen LogP contribution in [0.5, 0.6) is 0 Å². The molecule has 2 rings (SSSR count). The molecule has 1 atom stereocenters. The first kappa shape index (κ1) is 9.65. The van der Waals surface area contributed by atoms with Crippen molar-refractivity contribution in [1.29, 1.82) is 0 Å². The predicted octanol–water partition coefficient (Wildman–Crippen LogP) is 2.84. The second-order valence-electron chi connectivity index (χ2n) is 2.94. The zero-order valence-corrected chi connectivity index (χ0v) is 8.92. The van der Waals surface area contributed by atoms with E-state index in [1.807, 2.05) is 22.9 Å². The highest BCUT2D eigenvalue weighted by Gasteiger charge is 2.09. The first-order valence-corrected chi connectivity index (χ1v) is 5.48. The fraction of sp³-hybridized carbons (Fsp3) is 0.100. The number of hydrogen-bond acceptors (Lipinski definition) is 3. The van der Waals surface area contributed by atoms with E-state index in [-0.39, 0.29) is 6.04 Å². The summed E-state index contributed by atoms with van der Waals surface area (Å²) in [5.41, 5.74) is 7.94. The van der Waals surface area contributed by atoms with E-state index in [1.165, 1.54) is 0 Å². The third-order valence-corrected chi connectivity index (χ3v) is 2.90. The molecule has 2 heterocycles. The molecule has 0 spiro atoms. The van der Waals surface area contributed by atoms with Crippen molar-refractivity contribution in [3.05, 3.63) is 51.4 Å². The van der Waals surface area contributed by atoms with E-state index in [1.54, 1.807) is 23.6 Å². The number of aromatic nitrogens is 1. The summed E-state index contributed by atoms with van der Waals surface area (Å²) < 4.78 is 0. The maximum atomic E-state index is 6.01. The quantitative estimate of drug-likeness (QED) is 0.852. The van der Waals surface area contributed by atoms with Crippen LogP contribution in [0, 0.1) is 0 Å². The highest BCUT2D eigenvalue weighted by molar-refractivity contribution is 7.08. The number of halogens is 1. The number of nitrogens with zero attached hydrogens (tertiary/aromatic N) is 1. The lowest BCUT2D eigenvalue weighted by molar-refractivity contribution is 0.833. The van der Waals surface area contributed by atoms with Gasteiger partial charge in [0.1, 0.15) is 0 Å². The van der Waals surface area contributed by atoms with Gasteiger partial charge in [0.25, 0.3) is 0 Å². The molecule has 2 aromatic heterocycles. The van der Waals surface area contributed by atoms with Gasteiger partial charge in [-0.3, -0.25) is 4.98 Å². The molecule has 0 saturated heterocycles. The van der Waals surface area contributed by atoms with E-state index in [9.17, 15) is 0 Å². The van der Waals surface area contributed by atoms with E-state index in [2.05, 4.69) is 4.98 Å². The number of pyridine rings is 1. The minimum atomic E-state index is -0.154. The molecule has 4 heteroatoms. The van der Waals surface area contributed by atoms with Crippen LogP contribution in [0.15, 0.2) is 35.2 Å². The fourth-order valence-corrected chi connectivity index (χ4v) is 2.00. The van der Waals surface area contributed by atoms with Crippen LogP contribution in [0.4, 0.5) is 0 Å². The molecule has 0 aliphatic heterocycles. The van der Waals surface area contributed by atoms with Gasteiger partial charge in [0, 0.05) is 6.20 Å². The number of nitrogens with two attached hydrogens (primary N) is 1. The molecule has 0 fully saturated rings. The van der Waals surface area contributed by atoms with Gasteiger partial charge in [-0.15, -0.1) is 0 Å². The van der Waals surface area contributed by atoms with Crippen molar-refractivity contribution in [2.45, 2.75) is 6.04 Å². The molecule has 2 aromatic rings. The molecular formula is C10H9ClN2S. The molecule has 2 N–H and O–H groups in total. The van der Waals surface area contributed by atoms with Gasteiger partial charge in [0.05, 0.1) is 16.8 Å². The summed E-state index contributed by atoms with van der Waals surface area (Å²) in [6, 6.07) is 5.50. The number of hydrogen-bond donors (Lipinski definition) is 1. The van der Waals surface area contributed by atoms with E-state index in [4.69, 9.17) is 17.3 Å². The third kappa shape index (κ3) is 1.95. The van der Waals surface area contributed by atoms with Crippen molar-refractivity contribution in [2.75, 3.05) is 0 Å². The first-order chi connectivity index (χ1) is 6.77. The van der Waals surface area contributed by atoms with Crippen LogP contribution in [0.1, 0.15) is 17.3 Å². The molecule has 0 amide bonds. The predicted molar refractivity (Wildman–Crippen MR) is 59.6 cm³/mol. The van der Waals surface area contributed by atoms with Crippen LogP contribution in [-0.4, -0.2) is 4.98 Å². The number of thiophene rings is 1. The number of rotatable bonds is 2.